The van der Waals surface area contributed by atoms with Crippen molar-refractivity contribution >= 4 is 23.1 Å². The van der Waals surface area contributed by atoms with Crippen molar-refractivity contribution in [1.29, 1.82) is 0 Å². The van der Waals surface area contributed by atoms with Crippen LogP contribution in [0.2, 0.25) is 0 Å². The molecule has 0 aliphatic carbocycles. The predicted octanol–water partition coefficient (Wildman–Crippen LogP) is 2.62. The molecule has 0 bridgehead atoms. The molecule has 21 heavy (non-hydrogen) atoms. The summed E-state index contributed by atoms with van der Waals surface area (Å²) in [6.07, 6.45) is 0.536. The molecule has 110 valence electrons. The van der Waals surface area contributed by atoms with Crippen molar-refractivity contribution in [3.05, 3.63) is 39.9 Å². The Balaban J connectivity index is 2.54. The quantitative estimate of drug-likeness (QED) is 0.679. The number of non-ortho nitro benzene ring substituents is 1. The summed E-state index contributed by atoms with van der Waals surface area (Å²) in [6, 6.07) is 6.04. The van der Waals surface area contributed by atoms with Crippen molar-refractivity contribution in [3.8, 4) is 0 Å². The first-order valence-corrected chi connectivity index (χ1v) is 6.53. The molecule has 1 aliphatic heterocycles. The fourth-order valence-electron chi connectivity index (χ4n) is 2.53. The summed E-state index contributed by atoms with van der Waals surface area (Å²) in [5, 5.41) is 28.3. The van der Waals surface area contributed by atoms with Crippen molar-refractivity contribution in [2.45, 2.75) is 26.2 Å². The van der Waals surface area contributed by atoms with Crippen molar-refractivity contribution < 1.29 is 14.8 Å². The number of benzene rings is 1. The molecule has 7 heteroatoms. The third-order valence-electron chi connectivity index (χ3n) is 3.55. The number of aliphatic carboxylic acids is 1. The van der Waals surface area contributed by atoms with Crippen molar-refractivity contribution in [1.82, 2.24) is 0 Å². The number of hydrogen-bond acceptors (Lipinski definition) is 5. The molecule has 0 saturated carbocycles. The van der Waals surface area contributed by atoms with Crippen LogP contribution < -0.4 is 0 Å². The molecule has 7 nitrogen and oxygen atoms in total. The third-order valence-corrected chi connectivity index (χ3v) is 3.55. The molecule has 2 atom stereocenters. The summed E-state index contributed by atoms with van der Waals surface area (Å²) in [7, 11) is 0. The maximum Gasteiger partial charge on any atom is 0.313 e. The first-order valence-electron chi connectivity index (χ1n) is 6.53. The highest BCUT2D eigenvalue weighted by atomic mass is 16.6. The van der Waals surface area contributed by atoms with E-state index in [4.69, 9.17) is 0 Å². The molecule has 1 aromatic rings. The molecule has 1 aromatic carbocycles. The van der Waals surface area contributed by atoms with Gasteiger partial charge in [0, 0.05) is 23.8 Å². The van der Waals surface area contributed by atoms with Crippen molar-refractivity contribution in [2.24, 2.45) is 16.1 Å². The van der Waals surface area contributed by atoms with Gasteiger partial charge in [-0.15, -0.1) is 0 Å². The summed E-state index contributed by atoms with van der Waals surface area (Å²) in [4.78, 5) is 22.0. The fraction of sp³-hybridized carbons (Fsp3) is 0.357. The second-order valence-corrected chi connectivity index (χ2v) is 4.83. The predicted molar refractivity (Wildman–Crippen MR) is 77.8 cm³/mol. The van der Waals surface area contributed by atoms with Crippen LogP contribution >= 0.6 is 0 Å². The smallest absolute Gasteiger partial charge is 0.313 e. The SMILES string of the molecule is CCC1=NN=C(C)C(C(=O)O)C1c1cccc([N+](=O)[O-])c1. The highest BCUT2D eigenvalue weighted by molar-refractivity contribution is 6.09. The lowest BCUT2D eigenvalue weighted by atomic mass is 9.78. The lowest BCUT2D eigenvalue weighted by Gasteiger charge is -2.27. The minimum absolute atomic E-state index is 0.0627. The van der Waals surface area contributed by atoms with E-state index in [1.54, 1.807) is 19.1 Å². The van der Waals surface area contributed by atoms with E-state index in [0.29, 0.717) is 23.4 Å². The van der Waals surface area contributed by atoms with Gasteiger partial charge in [0.25, 0.3) is 5.69 Å². The number of nitro benzene ring substituents is 1. The highest BCUT2D eigenvalue weighted by Gasteiger charge is 2.37. The van der Waals surface area contributed by atoms with Gasteiger partial charge in [-0.2, -0.15) is 10.2 Å². The van der Waals surface area contributed by atoms with Gasteiger partial charge in [0.15, 0.2) is 0 Å². The van der Waals surface area contributed by atoms with Gasteiger partial charge in [-0.3, -0.25) is 14.9 Å². The normalized spacial score (nSPS) is 21.4. The maximum atomic E-state index is 11.6. The van der Waals surface area contributed by atoms with Crippen molar-refractivity contribution in [2.75, 3.05) is 0 Å². The molecule has 0 saturated heterocycles. The molecule has 0 spiro atoms. The number of nitro groups is 1. The van der Waals surface area contributed by atoms with Crippen LogP contribution in [0, 0.1) is 16.0 Å². The highest BCUT2D eigenvalue weighted by Crippen LogP contribution is 2.33. The van der Waals surface area contributed by atoms with Gasteiger partial charge in [0.2, 0.25) is 0 Å². The fourth-order valence-corrected chi connectivity index (χ4v) is 2.53. The molecule has 1 aliphatic rings. The van der Waals surface area contributed by atoms with Gasteiger partial charge in [0.05, 0.1) is 10.6 Å². The van der Waals surface area contributed by atoms with Crippen LogP contribution in [0.25, 0.3) is 0 Å². The summed E-state index contributed by atoms with van der Waals surface area (Å²) >= 11 is 0. The Hall–Kier alpha value is -2.57. The van der Waals surface area contributed by atoms with E-state index >= 15 is 0 Å². The zero-order chi connectivity index (χ0) is 15.6. The van der Waals surface area contributed by atoms with E-state index < -0.39 is 22.7 Å². The summed E-state index contributed by atoms with van der Waals surface area (Å²) in [6.45, 7) is 3.47. The summed E-state index contributed by atoms with van der Waals surface area (Å²) < 4.78 is 0. The molecular weight excluding hydrogens is 274 g/mol. The molecule has 0 amide bonds. The summed E-state index contributed by atoms with van der Waals surface area (Å²) in [5.74, 6) is -2.38. The van der Waals surface area contributed by atoms with Gasteiger partial charge in [-0.25, -0.2) is 0 Å². The lowest BCUT2D eigenvalue weighted by Crippen LogP contribution is -2.35. The molecule has 1 heterocycles. The first-order chi connectivity index (χ1) is 9.95. The lowest BCUT2D eigenvalue weighted by molar-refractivity contribution is -0.384. The van der Waals surface area contributed by atoms with E-state index in [1.807, 2.05) is 6.92 Å². The zero-order valence-corrected chi connectivity index (χ0v) is 11.7. The average Bonchev–Trinajstić information content (AvgIpc) is 2.46. The van der Waals surface area contributed by atoms with Gasteiger partial charge in [0.1, 0.15) is 5.92 Å². The van der Waals surface area contributed by atoms with Gasteiger partial charge >= 0.3 is 5.97 Å². The Morgan fingerprint density at radius 1 is 1.43 bits per heavy atom. The van der Waals surface area contributed by atoms with E-state index in [1.165, 1.54) is 12.1 Å². The second-order valence-electron chi connectivity index (χ2n) is 4.83. The molecule has 2 unspecified atom stereocenters. The molecular formula is C14H15N3O4. The Kier molecular flexibility index (Phi) is 4.11. The summed E-state index contributed by atoms with van der Waals surface area (Å²) in [5.41, 5.74) is 1.53. The Labute approximate surface area is 121 Å². The minimum atomic E-state index is -1.01. The molecule has 1 N–H and O–H groups in total. The molecule has 0 aromatic heterocycles. The number of carbonyl (C=O) groups is 1. The third kappa shape index (κ3) is 2.81. The minimum Gasteiger partial charge on any atom is -0.481 e. The van der Waals surface area contributed by atoms with E-state index in [-0.39, 0.29) is 5.69 Å². The topological polar surface area (TPSA) is 105 Å². The Morgan fingerprint density at radius 2 is 2.14 bits per heavy atom. The maximum absolute atomic E-state index is 11.6. The number of carboxylic acids is 1. The van der Waals surface area contributed by atoms with Crippen LogP contribution in [0.4, 0.5) is 5.69 Å². The van der Waals surface area contributed by atoms with E-state index in [0.717, 1.165) is 0 Å². The Morgan fingerprint density at radius 3 is 2.71 bits per heavy atom. The van der Waals surface area contributed by atoms with Gasteiger partial charge in [-0.1, -0.05) is 19.1 Å². The molecule has 2 rings (SSSR count). The van der Waals surface area contributed by atoms with Crippen LogP contribution in [-0.2, 0) is 4.79 Å². The zero-order valence-electron chi connectivity index (χ0n) is 11.7. The van der Waals surface area contributed by atoms with Gasteiger partial charge in [-0.05, 0) is 18.9 Å². The van der Waals surface area contributed by atoms with Crippen molar-refractivity contribution in [3.63, 3.8) is 0 Å². The standard InChI is InChI=1S/C14H15N3O4/c1-3-11-13(12(14(18)19)8(2)15-16-11)9-5-4-6-10(7-9)17(20)21/h4-7,12-13H,3H2,1-2H3,(H,18,19). The van der Waals surface area contributed by atoms with E-state index in [9.17, 15) is 20.0 Å². The number of rotatable bonds is 4. The number of carboxylic acid groups (broad SMARTS) is 1. The van der Waals surface area contributed by atoms with Crippen LogP contribution in [0.15, 0.2) is 34.5 Å². The van der Waals surface area contributed by atoms with Crippen LogP contribution in [-0.4, -0.2) is 27.4 Å². The second kappa shape index (κ2) is 5.82. The number of nitrogens with zero attached hydrogens (tertiary/aromatic N) is 3. The average molecular weight is 289 g/mol. The molecule has 0 fully saturated rings. The first kappa shape index (κ1) is 14.8. The van der Waals surface area contributed by atoms with Crippen LogP contribution in [0.5, 0.6) is 0 Å². The van der Waals surface area contributed by atoms with E-state index in [2.05, 4.69) is 10.2 Å². The van der Waals surface area contributed by atoms with Crippen LogP contribution in [0.3, 0.4) is 0 Å². The monoisotopic (exact) mass is 289 g/mol. The molecule has 0 radical (unpaired) electrons. The number of hydrogen-bond donors (Lipinski definition) is 1. The Bertz CT molecular complexity index is 651. The van der Waals surface area contributed by atoms with Crippen LogP contribution in [0.1, 0.15) is 31.7 Å². The van der Waals surface area contributed by atoms with Gasteiger partial charge < -0.3 is 5.11 Å². The largest absolute Gasteiger partial charge is 0.481 e.